The predicted octanol–water partition coefficient (Wildman–Crippen LogP) is 3.31. The van der Waals surface area contributed by atoms with Crippen LogP contribution in [0, 0.1) is 3.57 Å². The Morgan fingerprint density at radius 1 is 1.42 bits per heavy atom. The normalized spacial score (nSPS) is 12.6. The summed E-state index contributed by atoms with van der Waals surface area (Å²) in [5.74, 6) is 1.12. The Bertz CT molecular complexity index is 522. The lowest BCUT2D eigenvalue weighted by atomic mass is 10.0. The van der Waals surface area contributed by atoms with Crippen LogP contribution in [0.3, 0.4) is 0 Å². The maximum absolute atomic E-state index is 4.43. The number of benzene rings is 1. The van der Waals surface area contributed by atoms with Crippen LogP contribution in [0.15, 0.2) is 36.7 Å². The lowest BCUT2D eigenvalue weighted by molar-refractivity contribution is 0.512. The molecule has 1 N–H and O–H groups in total. The number of aryl methyl sites for hydroxylation is 1. The first-order valence-electron chi connectivity index (χ1n) is 6.65. The van der Waals surface area contributed by atoms with E-state index in [9.17, 15) is 0 Å². The van der Waals surface area contributed by atoms with Crippen molar-refractivity contribution in [3.05, 3.63) is 51.6 Å². The number of aromatic nitrogens is 2. The van der Waals surface area contributed by atoms with Gasteiger partial charge in [-0.05, 0) is 53.3 Å². The lowest BCUT2D eigenvalue weighted by Crippen LogP contribution is -2.25. The van der Waals surface area contributed by atoms with Crippen LogP contribution >= 0.6 is 22.6 Å². The molecule has 2 aromatic rings. The van der Waals surface area contributed by atoms with E-state index in [0.29, 0.717) is 6.04 Å². The van der Waals surface area contributed by atoms with Gasteiger partial charge in [0.05, 0.1) is 0 Å². The number of nitrogens with one attached hydrogen (secondary N) is 1. The van der Waals surface area contributed by atoms with Gasteiger partial charge >= 0.3 is 0 Å². The van der Waals surface area contributed by atoms with Gasteiger partial charge in [-0.1, -0.05) is 19.1 Å². The second-order valence-corrected chi connectivity index (χ2v) is 5.97. The maximum Gasteiger partial charge on any atom is 0.110 e. The van der Waals surface area contributed by atoms with Gasteiger partial charge in [-0.2, -0.15) is 0 Å². The molecule has 0 spiro atoms. The van der Waals surface area contributed by atoms with Crippen molar-refractivity contribution in [1.29, 1.82) is 0 Å². The zero-order chi connectivity index (χ0) is 13.7. The van der Waals surface area contributed by atoms with Crippen molar-refractivity contribution >= 4 is 22.6 Å². The first kappa shape index (κ1) is 14.5. The SMILES string of the molecule is CCCNC(Cc1nccn1C)c1cccc(I)c1. The fraction of sp³-hybridized carbons (Fsp3) is 0.400. The van der Waals surface area contributed by atoms with E-state index in [0.717, 1.165) is 25.2 Å². The lowest BCUT2D eigenvalue weighted by Gasteiger charge is -2.19. The molecule has 1 heterocycles. The number of hydrogen-bond acceptors (Lipinski definition) is 2. The molecule has 0 saturated heterocycles. The quantitative estimate of drug-likeness (QED) is 0.792. The molecule has 1 aromatic carbocycles. The van der Waals surface area contributed by atoms with Crippen molar-refractivity contribution in [2.45, 2.75) is 25.8 Å². The number of hydrogen-bond donors (Lipinski definition) is 1. The van der Waals surface area contributed by atoms with Gasteiger partial charge in [0.1, 0.15) is 5.82 Å². The average Bonchev–Trinajstić information content (AvgIpc) is 2.80. The summed E-state index contributed by atoms with van der Waals surface area (Å²) in [6.07, 6.45) is 5.92. The van der Waals surface area contributed by atoms with Gasteiger partial charge in [-0.25, -0.2) is 4.98 Å². The van der Waals surface area contributed by atoms with Crippen molar-refractivity contribution in [3.8, 4) is 0 Å². The number of imidazole rings is 1. The third-order valence-corrected chi connectivity index (χ3v) is 3.87. The first-order valence-corrected chi connectivity index (χ1v) is 7.73. The average molecular weight is 369 g/mol. The Kier molecular flexibility index (Phi) is 5.39. The minimum absolute atomic E-state index is 0.329. The zero-order valence-corrected chi connectivity index (χ0v) is 13.6. The van der Waals surface area contributed by atoms with E-state index in [2.05, 4.69) is 68.6 Å². The highest BCUT2D eigenvalue weighted by Gasteiger charge is 2.14. The second kappa shape index (κ2) is 7.05. The van der Waals surface area contributed by atoms with E-state index in [4.69, 9.17) is 0 Å². The van der Waals surface area contributed by atoms with E-state index in [1.165, 1.54) is 9.13 Å². The Morgan fingerprint density at radius 2 is 2.26 bits per heavy atom. The molecular weight excluding hydrogens is 349 g/mol. The molecule has 0 radical (unpaired) electrons. The van der Waals surface area contributed by atoms with Crippen molar-refractivity contribution in [1.82, 2.24) is 14.9 Å². The molecule has 0 bridgehead atoms. The van der Waals surface area contributed by atoms with E-state index >= 15 is 0 Å². The largest absolute Gasteiger partial charge is 0.338 e. The molecule has 0 aliphatic heterocycles. The molecule has 0 aliphatic carbocycles. The summed E-state index contributed by atoms with van der Waals surface area (Å²) in [6.45, 7) is 3.22. The van der Waals surface area contributed by atoms with Gasteiger partial charge in [0, 0.05) is 35.5 Å². The van der Waals surface area contributed by atoms with Crippen LogP contribution in [0.5, 0.6) is 0 Å². The molecule has 102 valence electrons. The first-order chi connectivity index (χ1) is 9.20. The van der Waals surface area contributed by atoms with Crippen molar-refractivity contribution in [2.75, 3.05) is 6.54 Å². The Morgan fingerprint density at radius 3 is 2.89 bits per heavy atom. The predicted molar refractivity (Wildman–Crippen MR) is 87.1 cm³/mol. The molecule has 2 rings (SSSR count). The van der Waals surface area contributed by atoms with Gasteiger partial charge in [-0.15, -0.1) is 0 Å². The van der Waals surface area contributed by atoms with Gasteiger partial charge in [0.25, 0.3) is 0 Å². The van der Waals surface area contributed by atoms with E-state index in [1.54, 1.807) is 0 Å². The van der Waals surface area contributed by atoms with Crippen LogP contribution in [0.1, 0.15) is 30.8 Å². The number of nitrogens with zero attached hydrogens (tertiary/aromatic N) is 2. The second-order valence-electron chi connectivity index (χ2n) is 4.72. The van der Waals surface area contributed by atoms with E-state index in [-0.39, 0.29) is 0 Å². The van der Waals surface area contributed by atoms with Crippen LogP contribution < -0.4 is 5.32 Å². The summed E-state index contributed by atoms with van der Waals surface area (Å²) in [7, 11) is 2.05. The van der Waals surface area contributed by atoms with Crippen LogP contribution in [0.4, 0.5) is 0 Å². The van der Waals surface area contributed by atoms with Crippen LogP contribution in [0.25, 0.3) is 0 Å². The molecule has 0 fully saturated rings. The molecular formula is C15H20IN3. The highest BCUT2D eigenvalue weighted by Crippen LogP contribution is 2.19. The number of rotatable bonds is 6. The topological polar surface area (TPSA) is 29.9 Å². The molecule has 0 amide bonds. The molecule has 19 heavy (non-hydrogen) atoms. The third-order valence-electron chi connectivity index (χ3n) is 3.20. The van der Waals surface area contributed by atoms with Crippen LogP contribution in [-0.4, -0.2) is 16.1 Å². The van der Waals surface area contributed by atoms with Crippen LogP contribution in [0.2, 0.25) is 0 Å². The summed E-state index contributed by atoms with van der Waals surface area (Å²) in [5, 5.41) is 3.62. The minimum atomic E-state index is 0.329. The molecule has 1 atom stereocenters. The fourth-order valence-corrected chi connectivity index (χ4v) is 2.69. The van der Waals surface area contributed by atoms with Crippen molar-refractivity contribution in [2.24, 2.45) is 7.05 Å². The Hall–Kier alpha value is -0.880. The summed E-state index contributed by atoms with van der Waals surface area (Å²) in [6, 6.07) is 9.02. The zero-order valence-electron chi connectivity index (χ0n) is 11.4. The highest BCUT2D eigenvalue weighted by atomic mass is 127. The molecule has 0 saturated carbocycles. The van der Waals surface area contributed by atoms with Gasteiger partial charge in [-0.3, -0.25) is 0 Å². The Balaban J connectivity index is 2.18. The molecule has 0 aliphatic rings. The summed E-state index contributed by atoms with van der Waals surface area (Å²) in [5.41, 5.74) is 1.34. The number of halogens is 1. The minimum Gasteiger partial charge on any atom is -0.338 e. The fourth-order valence-electron chi connectivity index (χ4n) is 2.13. The smallest absolute Gasteiger partial charge is 0.110 e. The molecule has 1 aromatic heterocycles. The van der Waals surface area contributed by atoms with Gasteiger partial charge in [0.2, 0.25) is 0 Å². The molecule has 4 heteroatoms. The Labute approximate surface area is 128 Å². The highest BCUT2D eigenvalue weighted by molar-refractivity contribution is 14.1. The summed E-state index contributed by atoms with van der Waals surface area (Å²) < 4.78 is 3.37. The van der Waals surface area contributed by atoms with Gasteiger partial charge < -0.3 is 9.88 Å². The van der Waals surface area contributed by atoms with E-state index in [1.807, 2.05) is 19.4 Å². The molecule has 3 nitrogen and oxygen atoms in total. The monoisotopic (exact) mass is 369 g/mol. The van der Waals surface area contributed by atoms with E-state index < -0.39 is 0 Å². The van der Waals surface area contributed by atoms with Crippen molar-refractivity contribution in [3.63, 3.8) is 0 Å². The standard InChI is InChI=1S/C15H20IN3/c1-3-7-17-14(11-15-18-8-9-19(15)2)12-5-4-6-13(16)10-12/h4-6,8-10,14,17H,3,7,11H2,1-2H3. The third kappa shape index (κ3) is 4.04. The molecule has 1 unspecified atom stereocenters. The summed E-state index contributed by atoms with van der Waals surface area (Å²) in [4.78, 5) is 4.43. The maximum atomic E-state index is 4.43. The van der Waals surface area contributed by atoms with Crippen molar-refractivity contribution < 1.29 is 0 Å². The summed E-state index contributed by atoms with van der Waals surface area (Å²) >= 11 is 2.36. The van der Waals surface area contributed by atoms with Gasteiger partial charge in [0.15, 0.2) is 0 Å². The van der Waals surface area contributed by atoms with Crippen LogP contribution in [-0.2, 0) is 13.5 Å².